The molecule has 8 heteroatoms. The van der Waals surface area contributed by atoms with Crippen LogP contribution in [0.2, 0.25) is 0 Å². The fourth-order valence-electron chi connectivity index (χ4n) is 3.17. The molecule has 0 saturated heterocycles. The maximum atomic E-state index is 12.5. The van der Waals surface area contributed by atoms with E-state index >= 15 is 0 Å². The van der Waals surface area contributed by atoms with Crippen LogP contribution in [0.1, 0.15) is 34.1 Å². The lowest BCUT2D eigenvalue weighted by Crippen LogP contribution is -2.23. The molecule has 1 aromatic carbocycles. The zero-order chi connectivity index (χ0) is 20.4. The number of carbonyl (C=O) groups is 1. The number of amides is 1. The normalized spacial score (nSPS) is 12.2. The SMILES string of the molecule is Cc1c[nH]c2ncc(C(=O)NCc3cccc(-n4cc(CC(C)O)nn4)c3)cc12. The lowest BCUT2D eigenvalue weighted by atomic mass is 10.1. The van der Waals surface area contributed by atoms with E-state index in [0.29, 0.717) is 18.5 Å². The predicted octanol–water partition coefficient (Wildman–Crippen LogP) is 2.31. The molecule has 1 unspecified atom stereocenters. The molecule has 3 heterocycles. The Kier molecular flexibility index (Phi) is 5.09. The molecule has 0 aliphatic heterocycles. The van der Waals surface area contributed by atoms with Gasteiger partial charge in [0, 0.05) is 30.7 Å². The van der Waals surface area contributed by atoms with Crippen molar-refractivity contribution in [2.45, 2.75) is 32.9 Å². The highest BCUT2D eigenvalue weighted by Crippen LogP contribution is 2.17. The minimum absolute atomic E-state index is 0.176. The van der Waals surface area contributed by atoms with Crippen molar-refractivity contribution in [2.24, 2.45) is 0 Å². The summed E-state index contributed by atoms with van der Waals surface area (Å²) < 4.78 is 1.66. The van der Waals surface area contributed by atoms with E-state index in [9.17, 15) is 9.90 Å². The van der Waals surface area contributed by atoms with E-state index in [0.717, 1.165) is 33.5 Å². The second-order valence-electron chi connectivity index (χ2n) is 7.15. The minimum atomic E-state index is -0.467. The standard InChI is InChI=1S/C21H22N6O2/c1-13-9-22-20-19(13)8-16(11-23-20)21(29)24-10-15-4-3-5-18(7-15)27-12-17(25-26-27)6-14(2)28/h3-5,7-9,11-12,14,28H,6,10H2,1-2H3,(H,22,23)(H,24,29). The van der Waals surface area contributed by atoms with Crippen LogP contribution in [0, 0.1) is 6.92 Å². The number of aliphatic hydroxyl groups excluding tert-OH is 1. The van der Waals surface area contributed by atoms with Crippen LogP contribution in [0.3, 0.4) is 0 Å². The van der Waals surface area contributed by atoms with Gasteiger partial charge in [-0.1, -0.05) is 17.3 Å². The number of hydrogen-bond donors (Lipinski definition) is 3. The number of nitrogens with zero attached hydrogens (tertiary/aromatic N) is 4. The van der Waals surface area contributed by atoms with Crippen LogP contribution in [0.15, 0.2) is 48.9 Å². The molecule has 0 saturated carbocycles. The molecule has 0 fully saturated rings. The van der Waals surface area contributed by atoms with Crippen molar-refractivity contribution in [1.29, 1.82) is 0 Å². The number of aromatic nitrogens is 5. The lowest BCUT2D eigenvalue weighted by molar-refractivity contribution is 0.0950. The van der Waals surface area contributed by atoms with Crippen LogP contribution >= 0.6 is 0 Å². The summed E-state index contributed by atoms with van der Waals surface area (Å²) >= 11 is 0. The molecule has 148 valence electrons. The third-order valence-electron chi connectivity index (χ3n) is 4.67. The summed E-state index contributed by atoms with van der Waals surface area (Å²) in [6.07, 6.45) is 5.23. The summed E-state index contributed by atoms with van der Waals surface area (Å²) in [6, 6.07) is 9.55. The van der Waals surface area contributed by atoms with Crippen molar-refractivity contribution in [3.63, 3.8) is 0 Å². The number of benzene rings is 1. The third-order valence-corrected chi connectivity index (χ3v) is 4.67. The second-order valence-corrected chi connectivity index (χ2v) is 7.15. The van der Waals surface area contributed by atoms with Gasteiger partial charge in [-0.05, 0) is 43.2 Å². The smallest absolute Gasteiger partial charge is 0.253 e. The average Bonchev–Trinajstić information content (AvgIpc) is 3.32. The summed E-state index contributed by atoms with van der Waals surface area (Å²) in [5.41, 5.74) is 4.85. The Morgan fingerprint density at radius 2 is 2.21 bits per heavy atom. The number of carbonyl (C=O) groups excluding carboxylic acids is 1. The van der Waals surface area contributed by atoms with Crippen molar-refractivity contribution >= 4 is 16.9 Å². The summed E-state index contributed by atoms with van der Waals surface area (Å²) in [6.45, 7) is 4.07. The third kappa shape index (κ3) is 4.17. The van der Waals surface area contributed by atoms with Gasteiger partial charge in [-0.3, -0.25) is 4.79 Å². The fourth-order valence-corrected chi connectivity index (χ4v) is 3.17. The molecule has 1 amide bonds. The van der Waals surface area contributed by atoms with Gasteiger partial charge >= 0.3 is 0 Å². The van der Waals surface area contributed by atoms with E-state index in [4.69, 9.17) is 0 Å². The molecule has 0 spiro atoms. The van der Waals surface area contributed by atoms with Gasteiger partial charge in [-0.15, -0.1) is 5.10 Å². The van der Waals surface area contributed by atoms with Crippen LogP contribution in [-0.4, -0.2) is 42.1 Å². The number of fused-ring (bicyclic) bond motifs is 1. The van der Waals surface area contributed by atoms with E-state index in [1.165, 1.54) is 0 Å². The maximum Gasteiger partial charge on any atom is 0.253 e. The molecule has 3 N–H and O–H groups in total. The molecule has 8 nitrogen and oxygen atoms in total. The lowest BCUT2D eigenvalue weighted by Gasteiger charge is -2.07. The summed E-state index contributed by atoms with van der Waals surface area (Å²) in [5.74, 6) is -0.176. The second kappa shape index (κ2) is 7.84. The maximum absolute atomic E-state index is 12.5. The molecular formula is C21H22N6O2. The molecular weight excluding hydrogens is 368 g/mol. The quantitative estimate of drug-likeness (QED) is 0.468. The van der Waals surface area contributed by atoms with Crippen molar-refractivity contribution < 1.29 is 9.90 Å². The highest BCUT2D eigenvalue weighted by Gasteiger charge is 2.10. The topological polar surface area (TPSA) is 109 Å². The Bertz CT molecular complexity index is 1160. The number of hydrogen-bond acceptors (Lipinski definition) is 5. The van der Waals surface area contributed by atoms with Crippen molar-refractivity contribution in [2.75, 3.05) is 0 Å². The Hall–Kier alpha value is -3.52. The van der Waals surface area contributed by atoms with Crippen LogP contribution in [0.4, 0.5) is 0 Å². The number of nitrogens with one attached hydrogen (secondary N) is 2. The number of aryl methyl sites for hydroxylation is 1. The number of pyridine rings is 1. The molecule has 0 bridgehead atoms. The molecule has 0 aliphatic rings. The monoisotopic (exact) mass is 390 g/mol. The van der Waals surface area contributed by atoms with Gasteiger partial charge in [-0.2, -0.15) is 0 Å². The van der Waals surface area contributed by atoms with Crippen molar-refractivity contribution in [1.82, 2.24) is 30.3 Å². The molecule has 1 atom stereocenters. The van der Waals surface area contributed by atoms with Gasteiger partial charge in [0.1, 0.15) is 5.65 Å². The van der Waals surface area contributed by atoms with Crippen molar-refractivity contribution in [3.8, 4) is 5.69 Å². The van der Waals surface area contributed by atoms with Gasteiger partial charge in [-0.25, -0.2) is 9.67 Å². The predicted molar refractivity (Wildman–Crippen MR) is 109 cm³/mol. The molecule has 4 rings (SSSR count). The van der Waals surface area contributed by atoms with Crippen LogP contribution in [0.5, 0.6) is 0 Å². The van der Waals surface area contributed by atoms with E-state index < -0.39 is 6.10 Å². The van der Waals surface area contributed by atoms with E-state index in [2.05, 4.69) is 25.6 Å². The summed E-state index contributed by atoms with van der Waals surface area (Å²) in [5, 5.41) is 21.6. The number of rotatable bonds is 6. The summed E-state index contributed by atoms with van der Waals surface area (Å²) in [7, 11) is 0. The number of aromatic amines is 1. The Labute approximate surface area is 167 Å². The Morgan fingerprint density at radius 3 is 3.03 bits per heavy atom. The van der Waals surface area contributed by atoms with Gasteiger partial charge < -0.3 is 15.4 Å². The zero-order valence-electron chi connectivity index (χ0n) is 16.3. The molecule has 0 aliphatic carbocycles. The minimum Gasteiger partial charge on any atom is -0.393 e. The van der Waals surface area contributed by atoms with Gasteiger partial charge in [0.15, 0.2) is 0 Å². The zero-order valence-corrected chi connectivity index (χ0v) is 16.3. The van der Waals surface area contributed by atoms with E-state index in [-0.39, 0.29) is 5.91 Å². The average molecular weight is 390 g/mol. The van der Waals surface area contributed by atoms with E-state index in [1.807, 2.05) is 43.5 Å². The largest absolute Gasteiger partial charge is 0.393 e. The molecule has 29 heavy (non-hydrogen) atoms. The number of aliphatic hydroxyl groups is 1. The highest BCUT2D eigenvalue weighted by molar-refractivity contribution is 5.97. The van der Waals surface area contributed by atoms with Crippen LogP contribution in [-0.2, 0) is 13.0 Å². The number of H-pyrrole nitrogens is 1. The van der Waals surface area contributed by atoms with Crippen LogP contribution in [0.25, 0.3) is 16.7 Å². The van der Waals surface area contributed by atoms with E-state index in [1.54, 1.807) is 24.0 Å². The fraction of sp³-hybridized carbons (Fsp3) is 0.238. The molecule has 4 aromatic rings. The van der Waals surface area contributed by atoms with Crippen molar-refractivity contribution in [3.05, 3.63) is 71.3 Å². The summed E-state index contributed by atoms with van der Waals surface area (Å²) in [4.78, 5) is 19.9. The first-order valence-corrected chi connectivity index (χ1v) is 9.40. The first-order valence-electron chi connectivity index (χ1n) is 9.40. The van der Waals surface area contributed by atoms with Gasteiger partial charge in [0.2, 0.25) is 0 Å². The molecule has 3 aromatic heterocycles. The first kappa shape index (κ1) is 18.8. The van der Waals surface area contributed by atoms with Gasteiger partial charge in [0.05, 0.1) is 29.2 Å². The Morgan fingerprint density at radius 1 is 1.34 bits per heavy atom. The van der Waals surface area contributed by atoms with Crippen LogP contribution < -0.4 is 5.32 Å². The Balaban J connectivity index is 1.45. The molecule has 0 radical (unpaired) electrons. The highest BCUT2D eigenvalue weighted by atomic mass is 16.3. The first-order chi connectivity index (χ1) is 14.0. The van der Waals surface area contributed by atoms with Gasteiger partial charge in [0.25, 0.3) is 5.91 Å².